The third-order valence-electron chi connectivity index (χ3n) is 3.25. The number of nitrogens with one attached hydrogen (secondary N) is 1. The van der Waals surface area contributed by atoms with Gasteiger partial charge in [-0.1, -0.05) is 37.3 Å². The van der Waals surface area contributed by atoms with Crippen molar-refractivity contribution in [3.8, 4) is 0 Å². The van der Waals surface area contributed by atoms with Crippen LogP contribution in [0.4, 0.5) is 0 Å². The van der Waals surface area contributed by atoms with Crippen molar-refractivity contribution >= 4 is 5.91 Å². The molecule has 0 radical (unpaired) electrons. The lowest BCUT2D eigenvalue weighted by atomic mass is 10.0. The number of ether oxygens (including phenoxy) is 1. The molecule has 0 heterocycles. The van der Waals surface area contributed by atoms with E-state index in [1.165, 1.54) is 0 Å². The highest BCUT2D eigenvalue weighted by Gasteiger charge is 2.31. The molecule has 0 aliphatic carbocycles. The van der Waals surface area contributed by atoms with Crippen molar-refractivity contribution in [2.24, 2.45) is 0 Å². The van der Waals surface area contributed by atoms with E-state index in [4.69, 9.17) is 4.74 Å². The fraction of sp³-hybridized carbons (Fsp3) is 0.500. The van der Waals surface area contributed by atoms with Crippen LogP contribution in [0.15, 0.2) is 30.3 Å². The number of hydrogen-bond donors (Lipinski definition) is 1. The van der Waals surface area contributed by atoms with E-state index < -0.39 is 5.60 Å². The van der Waals surface area contributed by atoms with E-state index in [1.807, 2.05) is 44.2 Å². The Morgan fingerprint density at radius 1 is 1.41 bits per heavy atom. The van der Waals surface area contributed by atoms with Gasteiger partial charge in [-0.05, 0) is 25.8 Å². The predicted molar refractivity (Wildman–Crippen MR) is 68.7 cm³/mol. The average Bonchev–Trinajstić information content (AvgIpc) is 2.38. The van der Waals surface area contributed by atoms with Crippen molar-refractivity contribution < 1.29 is 9.53 Å². The fourth-order valence-corrected chi connectivity index (χ4v) is 1.57. The van der Waals surface area contributed by atoms with E-state index in [9.17, 15) is 4.79 Å². The molecule has 1 amide bonds. The summed E-state index contributed by atoms with van der Waals surface area (Å²) in [5.74, 6) is -0.0705. The van der Waals surface area contributed by atoms with Crippen LogP contribution in [0.3, 0.4) is 0 Å². The molecule has 3 heteroatoms. The molecule has 94 valence electrons. The maximum absolute atomic E-state index is 12.1. The molecule has 0 saturated carbocycles. The monoisotopic (exact) mass is 235 g/mol. The second-order valence-corrected chi connectivity index (χ2v) is 4.39. The number of carbonyl (C=O) groups excluding carboxylic acids is 1. The van der Waals surface area contributed by atoms with Crippen LogP contribution in [-0.2, 0) is 9.53 Å². The van der Waals surface area contributed by atoms with Gasteiger partial charge in [0.05, 0.1) is 6.04 Å². The normalized spacial score (nSPS) is 16.0. The van der Waals surface area contributed by atoms with Crippen molar-refractivity contribution in [1.82, 2.24) is 5.32 Å². The summed E-state index contributed by atoms with van der Waals surface area (Å²) >= 11 is 0. The van der Waals surface area contributed by atoms with Crippen molar-refractivity contribution in [2.75, 3.05) is 7.11 Å². The van der Waals surface area contributed by atoms with Crippen molar-refractivity contribution in [2.45, 2.75) is 38.8 Å². The summed E-state index contributed by atoms with van der Waals surface area (Å²) in [5.41, 5.74) is 0.346. The highest BCUT2D eigenvalue weighted by Crippen LogP contribution is 2.17. The summed E-state index contributed by atoms with van der Waals surface area (Å²) in [6, 6.07) is 9.89. The Morgan fingerprint density at radius 3 is 2.47 bits per heavy atom. The van der Waals surface area contributed by atoms with E-state index in [2.05, 4.69) is 5.32 Å². The SMILES string of the molecule is CCC(C)(OC)C(=O)NC(C)c1ccccc1. The summed E-state index contributed by atoms with van der Waals surface area (Å²) in [7, 11) is 1.57. The van der Waals surface area contributed by atoms with Gasteiger partial charge in [0.1, 0.15) is 5.60 Å². The molecule has 17 heavy (non-hydrogen) atoms. The van der Waals surface area contributed by atoms with Gasteiger partial charge >= 0.3 is 0 Å². The van der Waals surface area contributed by atoms with Gasteiger partial charge in [0.2, 0.25) is 0 Å². The first kappa shape index (κ1) is 13.7. The molecule has 1 aromatic carbocycles. The lowest BCUT2D eigenvalue weighted by Gasteiger charge is -2.27. The molecule has 0 saturated heterocycles. The Morgan fingerprint density at radius 2 is 2.00 bits per heavy atom. The molecule has 0 fully saturated rings. The second-order valence-electron chi connectivity index (χ2n) is 4.39. The smallest absolute Gasteiger partial charge is 0.252 e. The first-order valence-corrected chi connectivity index (χ1v) is 5.94. The summed E-state index contributed by atoms with van der Waals surface area (Å²) < 4.78 is 5.27. The summed E-state index contributed by atoms with van der Waals surface area (Å²) in [6.45, 7) is 5.72. The number of carbonyl (C=O) groups is 1. The van der Waals surface area contributed by atoms with Crippen LogP contribution in [0.1, 0.15) is 38.8 Å². The first-order valence-electron chi connectivity index (χ1n) is 5.94. The third-order valence-corrected chi connectivity index (χ3v) is 3.25. The third kappa shape index (κ3) is 3.30. The zero-order valence-corrected chi connectivity index (χ0v) is 11.0. The number of benzene rings is 1. The molecule has 0 aliphatic heterocycles. The minimum atomic E-state index is -0.747. The van der Waals surface area contributed by atoms with Crippen LogP contribution in [0.5, 0.6) is 0 Å². The zero-order chi connectivity index (χ0) is 12.9. The molecule has 0 bridgehead atoms. The van der Waals surface area contributed by atoms with E-state index >= 15 is 0 Å². The Labute approximate surface area is 103 Å². The molecule has 1 aromatic rings. The topological polar surface area (TPSA) is 38.3 Å². The van der Waals surface area contributed by atoms with Gasteiger partial charge in [-0.15, -0.1) is 0 Å². The molecule has 2 atom stereocenters. The molecule has 1 N–H and O–H groups in total. The Hall–Kier alpha value is -1.35. The van der Waals surface area contributed by atoms with Gasteiger partial charge in [-0.25, -0.2) is 0 Å². The van der Waals surface area contributed by atoms with E-state index in [0.717, 1.165) is 5.56 Å². The van der Waals surface area contributed by atoms with E-state index in [1.54, 1.807) is 14.0 Å². The van der Waals surface area contributed by atoms with Crippen molar-refractivity contribution in [3.63, 3.8) is 0 Å². The maximum atomic E-state index is 12.1. The predicted octanol–water partition coefficient (Wildman–Crippen LogP) is 2.68. The van der Waals surface area contributed by atoms with Crippen LogP contribution >= 0.6 is 0 Å². The second kappa shape index (κ2) is 5.82. The van der Waals surface area contributed by atoms with Crippen molar-refractivity contribution in [1.29, 1.82) is 0 Å². The van der Waals surface area contributed by atoms with Crippen LogP contribution in [0, 0.1) is 0 Å². The quantitative estimate of drug-likeness (QED) is 0.852. The summed E-state index contributed by atoms with van der Waals surface area (Å²) in [5, 5.41) is 2.97. The van der Waals surface area contributed by atoms with E-state index in [0.29, 0.717) is 6.42 Å². The Balaban J connectivity index is 2.69. The first-order chi connectivity index (χ1) is 8.03. The van der Waals surface area contributed by atoms with Gasteiger partial charge in [0.25, 0.3) is 5.91 Å². The molecule has 0 spiro atoms. The van der Waals surface area contributed by atoms with Crippen LogP contribution in [0.25, 0.3) is 0 Å². The average molecular weight is 235 g/mol. The van der Waals surface area contributed by atoms with Crippen LogP contribution in [0.2, 0.25) is 0 Å². The minimum Gasteiger partial charge on any atom is -0.369 e. The number of hydrogen-bond acceptors (Lipinski definition) is 2. The lowest BCUT2D eigenvalue weighted by molar-refractivity contribution is -0.142. The maximum Gasteiger partial charge on any atom is 0.252 e. The number of amides is 1. The standard InChI is InChI=1S/C14H21NO2/c1-5-14(3,17-4)13(16)15-11(2)12-9-7-6-8-10-12/h6-11H,5H2,1-4H3,(H,15,16). The van der Waals surface area contributed by atoms with Crippen LogP contribution in [-0.4, -0.2) is 18.6 Å². The fourth-order valence-electron chi connectivity index (χ4n) is 1.57. The lowest BCUT2D eigenvalue weighted by Crippen LogP contribution is -2.46. The van der Waals surface area contributed by atoms with Crippen LogP contribution < -0.4 is 5.32 Å². The zero-order valence-electron chi connectivity index (χ0n) is 11.0. The molecule has 0 aromatic heterocycles. The molecule has 2 unspecified atom stereocenters. The molecule has 1 rings (SSSR count). The highest BCUT2D eigenvalue weighted by atomic mass is 16.5. The molecular weight excluding hydrogens is 214 g/mol. The molecule has 3 nitrogen and oxygen atoms in total. The largest absolute Gasteiger partial charge is 0.369 e. The van der Waals surface area contributed by atoms with Gasteiger partial charge in [0.15, 0.2) is 0 Å². The number of rotatable bonds is 5. The number of methoxy groups -OCH3 is 1. The van der Waals surface area contributed by atoms with Crippen molar-refractivity contribution in [3.05, 3.63) is 35.9 Å². The minimum absolute atomic E-state index is 0.00951. The van der Waals surface area contributed by atoms with Gasteiger partial charge in [-0.3, -0.25) is 4.79 Å². The summed E-state index contributed by atoms with van der Waals surface area (Å²) in [6.07, 6.45) is 0.650. The summed E-state index contributed by atoms with van der Waals surface area (Å²) in [4.78, 5) is 12.1. The Bertz CT molecular complexity index is 358. The van der Waals surface area contributed by atoms with Gasteiger partial charge in [0, 0.05) is 7.11 Å². The van der Waals surface area contributed by atoms with E-state index in [-0.39, 0.29) is 11.9 Å². The Kier molecular flexibility index (Phi) is 4.70. The molecular formula is C14H21NO2. The highest BCUT2D eigenvalue weighted by molar-refractivity contribution is 5.85. The molecule has 0 aliphatic rings. The van der Waals surface area contributed by atoms with Gasteiger partial charge < -0.3 is 10.1 Å². The van der Waals surface area contributed by atoms with Gasteiger partial charge in [-0.2, -0.15) is 0 Å².